The van der Waals surface area contributed by atoms with Crippen LogP contribution in [0.15, 0.2) is 54.6 Å². The first-order valence-corrected chi connectivity index (χ1v) is 7.15. The second-order valence-corrected chi connectivity index (χ2v) is 5.36. The van der Waals surface area contributed by atoms with Gasteiger partial charge in [-0.05, 0) is 43.0 Å². The Balaban J connectivity index is 2.07. The van der Waals surface area contributed by atoms with Crippen LogP contribution in [-0.2, 0) is 11.2 Å². The fourth-order valence-electron chi connectivity index (χ4n) is 2.06. The lowest BCUT2D eigenvalue weighted by Crippen LogP contribution is -2.45. The van der Waals surface area contributed by atoms with Gasteiger partial charge in [0.15, 0.2) is 5.60 Å². The van der Waals surface area contributed by atoms with Crippen LogP contribution < -0.4 is 10.5 Å². The SMILES string of the molecule is CCC(C)(Oc1ccc(Cc2ccccc2)cc1)C(N)=O. The third-order valence-corrected chi connectivity index (χ3v) is 3.71. The van der Waals surface area contributed by atoms with Crippen LogP contribution in [0, 0.1) is 0 Å². The Kier molecular flexibility index (Phi) is 4.63. The minimum absolute atomic E-state index is 0.446. The van der Waals surface area contributed by atoms with Gasteiger partial charge >= 0.3 is 0 Å². The molecule has 0 aromatic heterocycles. The molecule has 1 amide bonds. The quantitative estimate of drug-likeness (QED) is 0.884. The van der Waals surface area contributed by atoms with Crippen LogP contribution in [0.3, 0.4) is 0 Å². The van der Waals surface area contributed by atoms with Crippen molar-refractivity contribution >= 4 is 5.91 Å². The van der Waals surface area contributed by atoms with Crippen molar-refractivity contribution in [1.29, 1.82) is 0 Å². The number of primary amides is 1. The molecule has 0 bridgehead atoms. The fraction of sp³-hybridized carbons (Fsp3) is 0.278. The third kappa shape index (κ3) is 3.85. The first-order valence-electron chi connectivity index (χ1n) is 7.15. The summed E-state index contributed by atoms with van der Waals surface area (Å²) >= 11 is 0. The number of carbonyl (C=O) groups excluding carboxylic acids is 1. The molecule has 2 aromatic rings. The number of benzene rings is 2. The minimum atomic E-state index is -0.957. The smallest absolute Gasteiger partial charge is 0.261 e. The standard InChI is InChI=1S/C18H21NO2/c1-3-18(2,17(19)20)21-16-11-9-15(10-12-16)13-14-7-5-4-6-8-14/h4-12H,3,13H2,1-2H3,(H2,19,20). The van der Waals surface area contributed by atoms with Gasteiger partial charge in [0.2, 0.25) is 0 Å². The van der Waals surface area contributed by atoms with E-state index in [1.165, 1.54) is 11.1 Å². The van der Waals surface area contributed by atoms with E-state index in [4.69, 9.17) is 10.5 Å². The van der Waals surface area contributed by atoms with Crippen LogP contribution in [0.4, 0.5) is 0 Å². The molecule has 21 heavy (non-hydrogen) atoms. The predicted molar refractivity (Wildman–Crippen MR) is 84.2 cm³/mol. The maximum atomic E-state index is 11.5. The highest BCUT2D eigenvalue weighted by atomic mass is 16.5. The van der Waals surface area contributed by atoms with Crippen LogP contribution in [0.2, 0.25) is 0 Å². The zero-order valence-corrected chi connectivity index (χ0v) is 12.5. The molecule has 2 N–H and O–H groups in total. The van der Waals surface area contributed by atoms with Crippen molar-refractivity contribution in [2.45, 2.75) is 32.3 Å². The Labute approximate surface area is 125 Å². The van der Waals surface area contributed by atoms with Gasteiger partial charge in [0.05, 0.1) is 0 Å². The number of nitrogens with two attached hydrogens (primary N) is 1. The summed E-state index contributed by atoms with van der Waals surface area (Å²) in [5.41, 5.74) is 6.91. The molecule has 3 nitrogen and oxygen atoms in total. The second kappa shape index (κ2) is 6.44. The molecule has 1 atom stereocenters. The van der Waals surface area contributed by atoms with Gasteiger partial charge in [-0.25, -0.2) is 0 Å². The summed E-state index contributed by atoms with van der Waals surface area (Å²) in [6, 6.07) is 18.1. The van der Waals surface area contributed by atoms with E-state index in [9.17, 15) is 4.79 Å². The summed E-state index contributed by atoms with van der Waals surface area (Å²) in [5.74, 6) is 0.216. The van der Waals surface area contributed by atoms with Gasteiger partial charge in [0, 0.05) is 0 Å². The van der Waals surface area contributed by atoms with E-state index in [1.54, 1.807) is 6.92 Å². The molecule has 110 valence electrons. The highest BCUT2D eigenvalue weighted by Crippen LogP contribution is 2.22. The molecule has 2 rings (SSSR count). The molecule has 0 aliphatic rings. The summed E-state index contributed by atoms with van der Waals surface area (Å²) < 4.78 is 5.74. The maximum absolute atomic E-state index is 11.5. The van der Waals surface area contributed by atoms with E-state index >= 15 is 0 Å². The highest BCUT2D eigenvalue weighted by Gasteiger charge is 2.31. The lowest BCUT2D eigenvalue weighted by Gasteiger charge is -2.26. The molecule has 3 heteroatoms. The van der Waals surface area contributed by atoms with Gasteiger partial charge in [-0.15, -0.1) is 0 Å². The van der Waals surface area contributed by atoms with Crippen molar-refractivity contribution < 1.29 is 9.53 Å². The molecule has 1 unspecified atom stereocenters. The van der Waals surface area contributed by atoms with E-state index in [0.29, 0.717) is 12.2 Å². The molecular formula is C18H21NO2. The van der Waals surface area contributed by atoms with E-state index in [1.807, 2.05) is 49.4 Å². The molecule has 0 aliphatic heterocycles. The van der Waals surface area contributed by atoms with Gasteiger partial charge in [0.1, 0.15) is 5.75 Å². The van der Waals surface area contributed by atoms with Gasteiger partial charge in [0.25, 0.3) is 5.91 Å². The van der Waals surface area contributed by atoms with E-state index in [-0.39, 0.29) is 0 Å². The van der Waals surface area contributed by atoms with Crippen molar-refractivity contribution in [3.05, 3.63) is 65.7 Å². The number of ether oxygens (including phenoxy) is 1. The Hall–Kier alpha value is -2.29. The second-order valence-electron chi connectivity index (χ2n) is 5.36. The lowest BCUT2D eigenvalue weighted by molar-refractivity contribution is -0.132. The number of hydrogen-bond acceptors (Lipinski definition) is 2. The topological polar surface area (TPSA) is 52.3 Å². The number of carbonyl (C=O) groups is 1. The number of rotatable bonds is 6. The normalized spacial score (nSPS) is 13.4. The summed E-state index contributed by atoms with van der Waals surface area (Å²) in [7, 11) is 0. The van der Waals surface area contributed by atoms with Crippen molar-refractivity contribution in [3.63, 3.8) is 0 Å². The lowest BCUT2D eigenvalue weighted by atomic mass is 10.0. The van der Waals surface area contributed by atoms with E-state index in [2.05, 4.69) is 12.1 Å². The van der Waals surface area contributed by atoms with Crippen LogP contribution in [0.25, 0.3) is 0 Å². The summed E-state index contributed by atoms with van der Waals surface area (Å²) in [6.45, 7) is 3.60. The zero-order valence-electron chi connectivity index (χ0n) is 12.5. The summed E-state index contributed by atoms with van der Waals surface area (Å²) in [4.78, 5) is 11.5. The first-order chi connectivity index (χ1) is 10.0. The van der Waals surface area contributed by atoms with Crippen LogP contribution in [0.5, 0.6) is 5.75 Å². The monoisotopic (exact) mass is 283 g/mol. The summed E-state index contributed by atoms with van der Waals surface area (Å²) in [6.07, 6.45) is 1.41. The van der Waals surface area contributed by atoms with E-state index in [0.717, 1.165) is 6.42 Å². The maximum Gasteiger partial charge on any atom is 0.261 e. The Morgan fingerprint density at radius 3 is 2.14 bits per heavy atom. The van der Waals surface area contributed by atoms with Gasteiger partial charge in [-0.1, -0.05) is 49.4 Å². The van der Waals surface area contributed by atoms with Gasteiger partial charge < -0.3 is 10.5 Å². The molecule has 0 saturated carbocycles. The Bertz CT molecular complexity index is 592. The third-order valence-electron chi connectivity index (χ3n) is 3.71. The largest absolute Gasteiger partial charge is 0.478 e. The molecule has 0 fully saturated rings. The predicted octanol–water partition coefficient (Wildman–Crippen LogP) is 3.31. The molecule has 0 aliphatic carbocycles. The van der Waals surface area contributed by atoms with Crippen molar-refractivity contribution in [1.82, 2.24) is 0 Å². The minimum Gasteiger partial charge on any atom is -0.478 e. The average molecular weight is 283 g/mol. The van der Waals surface area contributed by atoms with Crippen LogP contribution >= 0.6 is 0 Å². The van der Waals surface area contributed by atoms with E-state index < -0.39 is 11.5 Å². The Morgan fingerprint density at radius 1 is 1.05 bits per heavy atom. The van der Waals surface area contributed by atoms with Crippen LogP contribution in [-0.4, -0.2) is 11.5 Å². The van der Waals surface area contributed by atoms with Gasteiger partial charge in [-0.2, -0.15) is 0 Å². The Morgan fingerprint density at radius 2 is 1.62 bits per heavy atom. The molecule has 0 radical (unpaired) electrons. The highest BCUT2D eigenvalue weighted by molar-refractivity contribution is 5.83. The molecular weight excluding hydrogens is 262 g/mol. The number of hydrogen-bond donors (Lipinski definition) is 1. The van der Waals surface area contributed by atoms with Crippen LogP contribution in [0.1, 0.15) is 31.4 Å². The molecule has 0 saturated heterocycles. The molecule has 0 heterocycles. The van der Waals surface area contributed by atoms with Crippen molar-refractivity contribution in [2.75, 3.05) is 0 Å². The number of amides is 1. The van der Waals surface area contributed by atoms with Gasteiger partial charge in [-0.3, -0.25) is 4.79 Å². The fourth-order valence-corrected chi connectivity index (χ4v) is 2.06. The molecule has 0 spiro atoms. The molecule has 2 aromatic carbocycles. The average Bonchev–Trinajstić information content (AvgIpc) is 2.50. The first kappa shape index (κ1) is 15.1. The zero-order chi connectivity index (χ0) is 15.3. The van der Waals surface area contributed by atoms with Crippen molar-refractivity contribution in [2.24, 2.45) is 5.73 Å². The van der Waals surface area contributed by atoms with Crippen molar-refractivity contribution in [3.8, 4) is 5.75 Å². The summed E-state index contributed by atoms with van der Waals surface area (Å²) in [5, 5.41) is 0.